The van der Waals surface area contributed by atoms with Crippen LogP contribution in [0.4, 0.5) is 8.78 Å². The van der Waals surface area contributed by atoms with E-state index in [4.69, 9.17) is 4.52 Å². The minimum atomic E-state index is -2.82. The SMILES string of the molecule is COC(=O)CCc1nc(-c2cccc(COC(F)F)c2)no1. The number of carbonyl (C=O) groups excluding carboxylic acids is 1. The second kappa shape index (κ2) is 7.60. The van der Waals surface area contributed by atoms with Gasteiger partial charge in [0.15, 0.2) is 0 Å². The first kappa shape index (κ1) is 16.0. The molecule has 0 fully saturated rings. The monoisotopic (exact) mass is 312 g/mol. The Bertz CT molecular complexity index is 631. The van der Waals surface area contributed by atoms with Crippen molar-refractivity contribution in [3.63, 3.8) is 0 Å². The van der Waals surface area contributed by atoms with Crippen LogP contribution in [0, 0.1) is 0 Å². The Morgan fingerprint density at radius 1 is 1.41 bits per heavy atom. The van der Waals surface area contributed by atoms with Crippen molar-refractivity contribution >= 4 is 5.97 Å². The summed E-state index contributed by atoms with van der Waals surface area (Å²) in [6.45, 7) is -3.03. The lowest BCUT2D eigenvalue weighted by molar-refractivity contribution is -0.140. The number of rotatable bonds is 7. The van der Waals surface area contributed by atoms with Crippen molar-refractivity contribution in [2.24, 2.45) is 0 Å². The lowest BCUT2D eigenvalue weighted by Gasteiger charge is -2.03. The summed E-state index contributed by atoms with van der Waals surface area (Å²) < 4.78 is 37.9. The van der Waals surface area contributed by atoms with Gasteiger partial charge in [0.1, 0.15) is 0 Å². The lowest BCUT2D eigenvalue weighted by Crippen LogP contribution is -2.02. The second-order valence-electron chi connectivity index (χ2n) is 4.36. The van der Waals surface area contributed by atoms with Crippen molar-refractivity contribution in [3.8, 4) is 11.4 Å². The molecule has 0 aliphatic rings. The predicted molar refractivity (Wildman–Crippen MR) is 70.9 cm³/mol. The molecule has 0 amide bonds. The molecule has 2 aromatic rings. The van der Waals surface area contributed by atoms with E-state index in [0.29, 0.717) is 22.8 Å². The molecule has 0 saturated heterocycles. The molecule has 22 heavy (non-hydrogen) atoms. The molecular formula is C14H14F2N2O4. The van der Waals surface area contributed by atoms with E-state index in [2.05, 4.69) is 19.6 Å². The zero-order chi connectivity index (χ0) is 15.9. The Morgan fingerprint density at radius 3 is 2.95 bits per heavy atom. The molecule has 0 spiro atoms. The molecule has 2 rings (SSSR count). The van der Waals surface area contributed by atoms with E-state index in [1.807, 2.05) is 0 Å². The number of methoxy groups -OCH3 is 1. The summed E-state index contributed by atoms with van der Waals surface area (Å²) >= 11 is 0. The van der Waals surface area contributed by atoms with Crippen molar-refractivity contribution in [1.82, 2.24) is 10.1 Å². The summed E-state index contributed by atoms with van der Waals surface area (Å²) in [4.78, 5) is 15.2. The van der Waals surface area contributed by atoms with Crippen LogP contribution in [0.2, 0.25) is 0 Å². The fraction of sp³-hybridized carbons (Fsp3) is 0.357. The van der Waals surface area contributed by atoms with Gasteiger partial charge in [-0.1, -0.05) is 23.4 Å². The molecule has 0 unspecified atom stereocenters. The average molecular weight is 312 g/mol. The summed E-state index contributed by atoms with van der Waals surface area (Å²) in [5.41, 5.74) is 1.18. The van der Waals surface area contributed by atoms with E-state index in [1.165, 1.54) is 7.11 Å². The van der Waals surface area contributed by atoms with Crippen molar-refractivity contribution in [2.45, 2.75) is 26.1 Å². The highest BCUT2D eigenvalue weighted by atomic mass is 19.3. The Hall–Kier alpha value is -2.35. The van der Waals surface area contributed by atoms with Crippen LogP contribution in [0.15, 0.2) is 28.8 Å². The largest absolute Gasteiger partial charge is 0.469 e. The van der Waals surface area contributed by atoms with Crippen LogP contribution >= 0.6 is 0 Å². The number of nitrogens with zero attached hydrogens (tertiary/aromatic N) is 2. The van der Waals surface area contributed by atoms with Gasteiger partial charge >= 0.3 is 12.6 Å². The summed E-state index contributed by atoms with van der Waals surface area (Å²) in [7, 11) is 1.30. The molecule has 0 saturated carbocycles. The third-order valence-electron chi connectivity index (χ3n) is 2.80. The van der Waals surface area contributed by atoms with Gasteiger partial charge in [0.25, 0.3) is 0 Å². The normalized spacial score (nSPS) is 10.9. The molecular weight excluding hydrogens is 298 g/mol. The highest BCUT2D eigenvalue weighted by Crippen LogP contribution is 2.19. The van der Waals surface area contributed by atoms with Gasteiger partial charge in [-0.25, -0.2) is 0 Å². The van der Waals surface area contributed by atoms with E-state index in [0.717, 1.165) is 0 Å². The van der Waals surface area contributed by atoms with E-state index in [-0.39, 0.29) is 25.4 Å². The van der Waals surface area contributed by atoms with Crippen LogP contribution in [0.5, 0.6) is 0 Å². The fourth-order valence-electron chi connectivity index (χ4n) is 1.74. The van der Waals surface area contributed by atoms with Crippen LogP contribution in [0.25, 0.3) is 11.4 Å². The topological polar surface area (TPSA) is 74.5 Å². The zero-order valence-corrected chi connectivity index (χ0v) is 11.8. The Balaban J connectivity index is 2.03. The van der Waals surface area contributed by atoms with Gasteiger partial charge in [0.05, 0.1) is 20.1 Å². The first-order chi connectivity index (χ1) is 10.6. The highest BCUT2D eigenvalue weighted by Gasteiger charge is 2.11. The molecule has 1 aromatic heterocycles. The third kappa shape index (κ3) is 4.59. The molecule has 6 nitrogen and oxygen atoms in total. The van der Waals surface area contributed by atoms with Crippen LogP contribution in [0.1, 0.15) is 17.9 Å². The molecule has 0 atom stereocenters. The number of ether oxygens (including phenoxy) is 2. The van der Waals surface area contributed by atoms with Gasteiger partial charge < -0.3 is 14.0 Å². The highest BCUT2D eigenvalue weighted by molar-refractivity contribution is 5.69. The Kier molecular flexibility index (Phi) is 5.54. The maximum atomic E-state index is 12.0. The van der Waals surface area contributed by atoms with Crippen molar-refractivity contribution in [2.75, 3.05) is 7.11 Å². The maximum absolute atomic E-state index is 12.0. The molecule has 0 aliphatic carbocycles. The van der Waals surface area contributed by atoms with Crippen molar-refractivity contribution in [1.29, 1.82) is 0 Å². The molecule has 8 heteroatoms. The number of benzene rings is 1. The second-order valence-corrected chi connectivity index (χ2v) is 4.36. The standard InChI is InChI=1S/C14H14F2N2O4/c1-20-12(19)6-5-11-17-13(18-22-11)10-4-2-3-9(7-10)8-21-14(15)16/h2-4,7,14H,5-6,8H2,1H3. The molecule has 1 aromatic carbocycles. The van der Waals surface area contributed by atoms with E-state index in [1.54, 1.807) is 24.3 Å². The summed E-state index contributed by atoms with van der Waals surface area (Å²) in [6.07, 6.45) is 0.411. The summed E-state index contributed by atoms with van der Waals surface area (Å²) in [5.74, 6) is 0.249. The first-order valence-electron chi connectivity index (χ1n) is 6.47. The average Bonchev–Trinajstić information content (AvgIpc) is 3.00. The number of halogens is 2. The Morgan fingerprint density at radius 2 is 2.23 bits per heavy atom. The van der Waals surface area contributed by atoms with E-state index >= 15 is 0 Å². The maximum Gasteiger partial charge on any atom is 0.345 e. The van der Waals surface area contributed by atoms with Crippen molar-refractivity contribution in [3.05, 3.63) is 35.7 Å². The molecule has 118 valence electrons. The number of hydrogen-bond donors (Lipinski definition) is 0. The quantitative estimate of drug-likeness (QED) is 0.732. The smallest absolute Gasteiger partial charge is 0.345 e. The van der Waals surface area contributed by atoms with Gasteiger partial charge in [0, 0.05) is 12.0 Å². The number of esters is 1. The van der Waals surface area contributed by atoms with E-state index in [9.17, 15) is 13.6 Å². The molecule has 0 aliphatic heterocycles. The third-order valence-corrected chi connectivity index (χ3v) is 2.80. The van der Waals surface area contributed by atoms with Gasteiger partial charge in [-0.05, 0) is 11.6 Å². The van der Waals surface area contributed by atoms with Gasteiger partial charge in [-0.2, -0.15) is 13.8 Å². The van der Waals surface area contributed by atoms with Crippen LogP contribution in [0.3, 0.4) is 0 Å². The number of hydrogen-bond acceptors (Lipinski definition) is 6. The molecule has 0 radical (unpaired) electrons. The zero-order valence-electron chi connectivity index (χ0n) is 11.8. The van der Waals surface area contributed by atoms with Crippen LogP contribution < -0.4 is 0 Å². The number of aryl methyl sites for hydroxylation is 1. The number of carbonyl (C=O) groups is 1. The molecule has 0 bridgehead atoms. The summed E-state index contributed by atoms with van der Waals surface area (Å²) in [5, 5.41) is 3.80. The minimum Gasteiger partial charge on any atom is -0.469 e. The lowest BCUT2D eigenvalue weighted by atomic mass is 10.1. The van der Waals surface area contributed by atoms with Crippen molar-refractivity contribution < 1.29 is 27.6 Å². The van der Waals surface area contributed by atoms with Gasteiger partial charge in [-0.15, -0.1) is 0 Å². The van der Waals surface area contributed by atoms with Gasteiger partial charge in [-0.3, -0.25) is 4.79 Å². The molecule has 0 N–H and O–H groups in total. The first-order valence-corrected chi connectivity index (χ1v) is 6.47. The minimum absolute atomic E-state index is 0.139. The van der Waals surface area contributed by atoms with Crippen LogP contribution in [-0.2, 0) is 27.3 Å². The number of aromatic nitrogens is 2. The number of alkyl halides is 2. The Labute approximate surface area is 125 Å². The van der Waals surface area contributed by atoms with Gasteiger partial charge in [0.2, 0.25) is 11.7 Å². The predicted octanol–water partition coefficient (Wildman–Crippen LogP) is 2.58. The van der Waals surface area contributed by atoms with Crippen LogP contribution in [-0.4, -0.2) is 29.8 Å². The summed E-state index contributed by atoms with van der Waals surface area (Å²) in [6, 6.07) is 6.70. The van der Waals surface area contributed by atoms with E-state index < -0.39 is 6.61 Å². The molecule has 1 heterocycles. The fourth-order valence-corrected chi connectivity index (χ4v) is 1.74.